The van der Waals surface area contributed by atoms with Gasteiger partial charge in [-0.1, -0.05) is 0 Å². The Kier molecular flexibility index (Phi) is 5.60. The Hall–Kier alpha value is -2.47. The van der Waals surface area contributed by atoms with Gasteiger partial charge < -0.3 is 24.1 Å². The maximum absolute atomic E-state index is 12.3. The summed E-state index contributed by atoms with van der Waals surface area (Å²) in [6.45, 7) is 2.25. The molecule has 1 aliphatic rings. The van der Waals surface area contributed by atoms with Crippen LogP contribution in [0.4, 0.5) is 0 Å². The van der Waals surface area contributed by atoms with Crippen LogP contribution < -0.4 is 14.8 Å². The lowest BCUT2D eigenvalue weighted by Crippen LogP contribution is -2.44. The molecule has 1 aromatic heterocycles. The molecule has 134 valence electrons. The molecule has 0 unspecified atom stereocenters. The highest BCUT2D eigenvalue weighted by Crippen LogP contribution is 2.23. The van der Waals surface area contributed by atoms with Gasteiger partial charge in [-0.25, -0.2) is 0 Å². The first-order valence-electron chi connectivity index (χ1n) is 8.46. The van der Waals surface area contributed by atoms with Gasteiger partial charge in [0, 0.05) is 31.7 Å². The summed E-state index contributed by atoms with van der Waals surface area (Å²) in [5.74, 6) is 1.62. The van der Waals surface area contributed by atoms with Crippen LogP contribution in [0.1, 0.15) is 28.8 Å². The summed E-state index contributed by atoms with van der Waals surface area (Å²) in [6, 6.07) is 7.98. The van der Waals surface area contributed by atoms with E-state index in [2.05, 4.69) is 5.32 Å². The Morgan fingerprint density at radius 1 is 1.20 bits per heavy atom. The topological polar surface area (TPSA) is 63.9 Å². The number of benzene rings is 1. The highest BCUT2D eigenvalue weighted by molar-refractivity contribution is 5.93. The normalized spacial score (nSPS) is 15.2. The van der Waals surface area contributed by atoms with Gasteiger partial charge in [-0.15, -0.1) is 0 Å². The van der Waals surface area contributed by atoms with E-state index in [1.165, 1.54) is 12.5 Å². The standard InChI is InChI=1S/C19H24N2O4/c1-23-17-9-14(10-18(11-17)24-2)12-20-16-3-6-21(7-4-16)19(22)15-5-8-25-13-15/h5,8-11,13,16,20H,3-4,6-7,12H2,1-2H3. The van der Waals surface area contributed by atoms with Gasteiger partial charge in [0.05, 0.1) is 26.0 Å². The Morgan fingerprint density at radius 2 is 1.88 bits per heavy atom. The van der Waals surface area contributed by atoms with Gasteiger partial charge in [0.25, 0.3) is 5.91 Å². The van der Waals surface area contributed by atoms with Crippen LogP contribution in [0.2, 0.25) is 0 Å². The van der Waals surface area contributed by atoms with E-state index in [9.17, 15) is 4.79 Å². The molecule has 0 radical (unpaired) electrons. The molecule has 1 aromatic carbocycles. The number of nitrogens with zero attached hydrogens (tertiary/aromatic N) is 1. The second kappa shape index (κ2) is 8.07. The summed E-state index contributed by atoms with van der Waals surface area (Å²) in [7, 11) is 3.30. The van der Waals surface area contributed by atoms with Gasteiger partial charge in [0.1, 0.15) is 17.8 Å². The number of piperidine rings is 1. The maximum Gasteiger partial charge on any atom is 0.257 e. The van der Waals surface area contributed by atoms with Gasteiger partial charge >= 0.3 is 0 Å². The molecule has 25 heavy (non-hydrogen) atoms. The summed E-state index contributed by atoms with van der Waals surface area (Å²) >= 11 is 0. The van der Waals surface area contributed by atoms with Crippen molar-refractivity contribution >= 4 is 5.91 Å². The minimum absolute atomic E-state index is 0.0460. The lowest BCUT2D eigenvalue weighted by atomic mass is 10.0. The van der Waals surface area contributed by atoms with Crippen LogP contribution in [0.25, 0.3) is 0 Å². The maximum atomic E-state index is 12.3. The number of furan rings is 1. The Labute approximate surface area is 147 Å². The van der Waals surface area contributed by atoms with E-state index in [4.69, 9.17) is 13.9 Å². The molecule has 6 heteroatoms. The molecule has 1 aliphatic heterocycles. The molecule has 1 amide bonds. The number of carbonyl (C=O) groups is 1. The Morgan fingerprint density at radius 3 is 2.44 bits per heavy atom. The second-order valence-corrected chi connectivity index (χ2v) is 6.18. The number of ether oxygens (including phenoxy) is 2. The Balaban J connectivity index is 1.50. The van der Waals surface area contributed by atoms with Crippen LogP contribution in [0.15, 0.2) is 41.2 Å². The van der Waals surface area contributed by atoms with Crippen LogP contribution >= 0.6 is 0 Å². The molecule has 1 fully saturated rings. The molecule has 0 aliphatic carbocycles. The van der Waals surface area contributed by atoms with E-state index in [0.717, 1.165) is 49.5 Å². The molecular formula is C19H24N2O4. The van der Waals surface area contributed by atoms with Crippen molar-refractivity contribution in [2.75, 3.05) is 27.3 Å². The molecule has 0 spiro atoms. The SMILES string of the molecule is COc1cc(CNC2CCN(C(=O)c3ccoc3)CC2)cc(OC)c1. The van der Waals surface area contributed by atoms with Crippen molar-refractivity contribution in [2.45, 2.75) is 25.4 Å². The smallest absolute Gasteiger partial charge is 0.257 e. The number of carbonyl (C=O) groups excluding carboxylic acids is 1. The number of nitrogens with one attached hydrogen (secondary N) is 1. The zero-order valence-corrected chi connectivity index (χ0v) is 14.7. The van der Waals surface area contributed by atoms with Crippen molar-refractivity contribution in [3.05, 3.63) is 47.9 Å². The predicted molar refractivity (Wildman–Crippen MR) is 94.0 cm³/mol. The van der Waals surface area contributed by atoms with Crippen LogP contribution in [0, 0.1) is 0 Å². The van der Waals surface area contributed by atoms with E-state index in [1.54, 1.807) is 20.3 Å². The number of hydrogen-bond donors (Lipinski definition) is 1. The highest BCUT2D eigenvalue weighted by atomic mass is 16.5. The molecule has 1 N–H and O–H groups in total. The zero-order valence-electron chi connectivity index (χ0n) is 14.7. The third-order valence-corrected chi connectivity index (χ3v) is 4.56. The number of methoxy groups -OCH3 is 2. The third kappa shape index (κ3) is 4.33. The van der Waals surface area contributed by atoms with Crippen molar-refractivity contribution in [1.82, 2.24) is 10.2 Å². The first-order valence-corrected chi connectivity index (χ1v) is 8.46. The van der Waals surface area contributed by atoms with Crippen LogP contribution in [-0.4, -0.2) is 44.2 Å². The number of hydrogen-bond acceptors (Lipinski definition) is 5. The molecule has 0 bridgehead atoms. The fraction of sp³-hybridized carbons (Fsp3) is 0.421. The van der Waals surface area contributed by atoms with E-state index in [0.29, 0.717) is 11.6 Å². The van der Waals surface area contributed by atoms with Gasteiger partial charge in [0.2, 0.25) is 0 Å². The first-order chi connectivity index (χ1) is 12.2. The minimum Gasteiger partial charge on any atom is -0.497 e. The fourth-order valence-corrected chi connectivity index (χ4v) is 3.09. The monoisotopic (exact) mass is 344 g/mol. The number of rotatable bonds is 6. The van der Waals surface area contributed by atoms with E-state index in [1.807, 2.05) is 23.1 Å². The first kappa shape index (κ1) is 17.4. The molecular weight excluding hydrogens is 320 g/mol. The van der Waals surface area contributed by atoms with E-state index >= 15 is 0 Å². The fourth-order valence-electron chi connectivity index (χ4n) is 3.09. The minimum atomic E-state index is 0.0460. The lowest BCUT2D eigenvalue weighted by molar-refractivity contribution is 0.0704. The van der Waals surface area contributed by atoms with Crippen molar-refractivity contribution in [3.8, 4) is 11.5 Å². The van der Waals surface area contributed by atoms with E-state index in [-0.39, 0.29) is 5.91 Å². The number of likely N-dealkylation sites (tertiary alicyclic amines) is 1. The van der Waals surface area contributed by atoms with Crippen molar-refractivity contribution in [3.63, 3.8) is 0 Å². The second-order valence-electron chi connectivity index (χ2n) is 6.18. The molecule has 1 saturated heterocycles. The number of amides is 1. The summed E-state index contributed by atoms with van der Waals surface area (Å²) in [6.07, 6.45) is 4.90. The van der Waals surface area contributed by atoms with Crippen molar-refractivity contribution in [1.29, 1.82) is 0 Å². The quantitative estimate of drug-likeness (QED) is 0.873. The summed E-state index contributed by atoms with van der Waals surface area (Å²) in [5, 5.41) is 3.57. The molecule has 2 heterocycles. The molecule has 3 rings (SSSR count). The van der Waals surface area contributed by atoms with E-state index < -0.39 is 0 Å². The third-order valence-electron chi connectivity index (χ3n) is 4.56. The zero-order chi connectivity index (χ0) is 17.6. The summed E-state index contributed by atoms with van der Waals surface area (Å²) in [5.41, 5.74) is 1.74. The summed E-state index contributed by atoms with van der Waals surface area (Å²) < 4.78 is 15.6. The molecule has 0 atom stereocenters. The van der Waals surface area contributed by atoms with Crippen LogP contribution in [0.3, 0.4) is 0 Å². The van der Waals surface area contributed by atoms with Gasteiger partial charge in [0.15, 0.2) is 0 Å². The van der Waals surface area contributed by atoms with Crippen molar-refractivity contribution in [2.24, 2.45) is 0 Å². The lowest BCUT2D eigenvalue weighted by Gasteiger charge is -2.32. The average Bonchev–Trinajstić information content (AvgIpc) is 3.20. The summed E-state index contributed by atoms with van der Waals surface area (Å²) in [4.78, 5) is 14.2. The molecule has 2 aromatic rings. The molecule has 6 nitrogen and oxygen atoms in total. The van der Waals surface area contributed by atoms with Crippen LogP contribution in [0.5, 0.6) is 11.5 Å². The average molecular weight is 344 g/mol. The van der Waals surface area contributed by atoms with Gasteiger partial charge in [-0.05, 0) is 36.6 Å². The largest absolute Gasteiger partial charge is 0.497 e. The van der Waals surface area contributed by atoms with Gasteiger partial charge in [-0.3, -0.25) is 4.79 Å². The van der Waals surface area contributed by atoms with Crippen LogP contribution in [-0.2, 0) is 6.54 Å². The van der Waals surface area contributed by atoms with Gasteiger partial charge in [-0.2, -0.15) is 0 Å². The Bertz CT molecular complexity index is 669. The highest BCUT2D eigenvalue weighted by Gasteiger charge is 2.23. The van der Waals surface area contributed by atoms with Crippen molar-refractivity contribution < 1.29 is 18.7 Å². The molecule has 0 saturated carbocycles. The predicted octanol–water partition coefficient (Wildman–Crippen LogP) is 2.69.